The Labute approximate surface area is 136 Å². The van der Waals surface area contributed by atoms with Gasteiger partial charge in [0.25, 0.3) is 0 Å². The van der Waals surface area contributed by atoms with Crippen LogP contribution in [0.2, 0.25) is 0 Å². The fourth-order valence-electron chi connectivity index (χ4n) is 1.84. The van der Waals surface area contributed by atoms with Crippen molar-refractivity contribution in [2.24, 2.45) is 0 Å². The van der Waals surface area contributed by atoms with Gasteiger partial charge in [0.2, 0.25) is 0 Å². The van der Waals surface area contributed by atoms with Gasteiger partial charge in [-0.25, -0.2) is 8.82 Å². The van der Waals surface area contributed by atoms with Crippen LogP contribution in [0, 0.1) is 10.1 Å². The van der Waals surface area contributed by atoms with Gasteiger partial charge in [-0.05, 0) is 51.8 Å². The van der Waals surface area contributed by atoms with E-state index in [1.165, 1.54) is 12.1 Å². The normalized spacial score (nSPS) is 18.3. The molecule has 0 saturated heterocycles. The Balaban J connectivity index is 3.25. The predicted molar refractivity (Wildman–Crippen MR) is 83.8 cm³/mol. The first-order chi connectivity index (χ1) is 9.02. The molecule has 1 aromatic rings. The molecule has 2 N–H and O–H groups in total. The zero-order valence-corrected chi connectivity index (χ0v) is 15.5. The largest absolute Gasteiger partial charge is 0.528 e. The summed E-state index contributed by atoms with van der Waals surface area (Å²) in [6, 6.07) is 2.86. The van der Waals surface area contributed by atoms with Crippen molar-refractivity contribution in [3.63, 3.8) is 0 Å². The Morgan fingerprint density at radius 1 is 1.40 bits per heavy atom. The minimum atomic E-state index is -4.52. The third-order valence-electron chi connectivity index (χ3n) is 2.95. The lowest BCUT2D eigenvalue weighted by atomic mass is 10.4. The van der Waals surface area contributed by atoms with Crippen LogP contribution >= 0.6 is 50.9 Å². The van der Waals surface area contributed by atoms with Crippen LogP contribution in [0.4, 0.5) is 5.00 Å². The van der Waals surface area contributed by atoms with Crippen molar-refractivity contribution in [2.45, 2.75) is 30.3 Å². The van der Waals surface area contributed by atoms with Gasteiger partial charge in [-0.3, -0.25) is 19.9 Å². The standard InChI is InChI=1S/C9H13Br2N2O5PS/c1-6(10)13(7(2)11,19(16,17)18)5-8-3-4-9(20-8)12(14)15/h3-4,6-7H,5H2,1-2H3,(H-,16,17,18)/p+1. The summed E-state index contributed by atoms with van der Waals surface area (Å²) in [4.78, 5) is 29.1. The summed E-state index contributed by atoms with van der Waals surface area (Å²) >= 11 is 7.42. The molecule has 20 heavy (non-hydrogen) atoms. The van der Waals surface area contributed by atoms with Crippen molar-refractivity contribution in [2.75, 3.05) is 0 Å². The molecule has 0 amide bonds. The van der Waals surface area contributed by atoms with E-state index in [1.54, 1.807) is 13.8 Å². The van der Waals surface area contributed by atoms with Crippen molar-refractivity contribution in [3.05, 3.63) is 27.1 Å². The molecular weight excluding hydrogens is 439 g/mol. The number of nitrogens with zero attached hydrogens (tertiary/aromatic N) is 2. The quantitative estimate of drug-likeness (QED) is 0.226. The van der Waals surface area contributed by atoms with E-state index in [4.69, 9.17) is 0 Å². The summed E-state index contributed by atoms with van der Waals surface area (Å²) in [5.41, 5.74) is 0. The number of hydrogen-bond donors (Lipinski definition) is 2. The number of quaternary nitrogens is 1. The first-order valence-corrected chi connectivity index (χ1v) is 9.68. The number of thiophene rings is 1. The number of alkyl halides is 2. The highest BCUT2D eigenvalue weighted by molar-refractivity contribution is 9.10. The summed E-state index contributed by atoms with van der Waals surface area (Å²) in [6.07, 6.45) is 0. The van der Waals surface area contributed by atoms with E-state index in [2.05, 4.69) is 31.9 Å². The second kappa shape index (κ2) is 6.51. The minimum Gasteiger partial charge on any atom is -0.279 e. The Morgan fingerprint density at radius 3 is 2.20 bits per heavy atom. The maximum atomic E-state index is 12.0. The molecule has 0 fully saturated rings. The van der Waals surface area contributed by atoms with Crippen LogP contribution in [0.25, 0.3) is 0 Å². The van der Waals surface area contributed by atoms with Crippen LogP contribution in [-0.4, -0.2) is 28.9 Å². The van der Waals surface area contributed by atoms with E-state index in [1.807, 2.05) is 0 Å². The maximum Gasteiger partial charge on any atom is 0.528 e. The Bertz CT molecular complexity index is 536. The predicted octanol–water partition coefficient (Wildman–Crippen LogP) is 3.55. The topological polar surface area (TPSA) is 101 Å². The van der Waals surface area contributed by atoms with Gasteiger partial charge in [0.15, 0.2) is 0 Å². The third kappa shape index (κ3) is 3.49. The molecule has 0 saturated carbocycles. The van der Waals surface area contributed by atoms with Gasteiger partial charge in [0.1, 0.15) is 16.4 Å². The monoisotopic (exact) mass is 451 g/mol. The summed E-state index contributed by atoms with van der Waals surface area (Å²) in [7, 11) is -4.52. The van der Waals surface area contributed by atoms with Gasteiger partial charge in [-0.15, -0.1) is 0 Å². The van der Waals surface area contributed by atoms with E-state index in [0.29, 0.717) is 4.88 Å². The van der Waals surface area contributed by atoms with Gasteiger partial charge in [-0.1, -0.05) is 11.3 Å². The number of hydrogen-bond acceptors (Lipinski definition) is 4. The van der Waals surface area contributed by atoms with Crippen LogP contribution in [-0.2, 0) is 11.1 Å². The molecule has 1 heterocycles. The minimum absolute atomic E-state index is 0.0123. The highest BCUT2D eigenvalue weighted by Gasteiger charge is 2.53. The summed E-state index contributed by atoms with van der Waals surface area (Å²) in [5.74, 6) is 0. The Morgan fingerprint density at radius 2 is 1.90 bits per heavy atom. The van der Waals surface area contributed by atoms with Crippen molar-refractivity contribution < 1.29 is 23.5 Å². The van der Waals surface area contributed by atoms with Gasteiger partial charge in [-0.2, -0.15) is 0 Å². The molecule has 2 atom stereocenters. The number of rotatable bonds is 6. The first-order valence-electron chi connectivity index (χ1n) is 5.47. The molecule has 1 aromatic heterocycles. The molecule has 0 spiro atoms. The lowest BCUT2D eigenvalue weighted by Crippen LogP contribution is -2.51. The highest BCUT2D eigenvalue weighted by atomic mass is 79.9. The first kappa shape index (κ1) is 18.2. The van der Waals surface area contributed by atoms with Crippen LogP contribution in [0.15, 0.2) is 12.1 Å². The van der Waals surface area contributed by atoms with Crippen molar-refractivity contribution in [1.29, 1.82) is 0 Å². The van der Waals surface area contributed by atoms with Crippen LogP contribution in [0.5, 0.6) is 0 Å². The average molecular weight is 453 g/mol. The van der Waals surface area contributed by atoms with E-state index in [-0.39, 0.29) is 11.5 Å². The average Bonchev–Trinajstić information content (AvgIpc) is 2.71. The molecule has 0 aliphatic carbocycles. The molecule has 1 rings (SSSR count). The summed E-state index contributed by atoms with van der Waals surface area (Å²) in [5, 5.41) is 10.6. The molecule has 0 radical (unpaired) electrons. The molecule has 0 aromatic carbocycles. The van der Waals surface area contributed by atoms with Crippen LogP contribution < -0.4 is 0 Å². The van der Waals surface area contributed by atoms with E-state index in [0.717, 1.165) is 11.3 Å². The summed E-state index contributed by atoms with van der Waals surface area (Å²) < 4.78 is 11.4. The van der Waals surface area contributed by atoms with Gasteiger partial charge >= 0.3 is 12.7 Å². The Kier molecular flexibility index (Phi) is 5.93. The molecule has 7 nitrogen and oxygen atoms in total. The second-order valence-corrected chi connectivity index (χ2v) is 9.77. The smallest absolute Gasteiger partial charge is 0.279 e. The van der Waals surface area contributed by atoms with E-state index < -0.39 is 26.8 Å². The lowest BCUT2D eigenvalue weighted by molar-refractivity contribution is -0.850. The van der Waals surface area contributed by atoms with Crippen LogP contribution in [0.3, 0.4) is 0 Å². The molecule has 11 heteroatoms. The van der Waals surface area contributed by atoms with Crippen molar-refractivity contribution in [1.82, 2.24) is 0 Å². The van der Waals surface area contributed by atoms with Crippen LogP contribution in [0.1, 0.15) is 18.7 Å². The highest BCUT2D eigenvalue weighted by Crippen LogP contribution is 2.56. The number of nitro groups is 1. The molecule has 0 bridgehead atoms. The molecule has 0 aliphatic rings. The third-order valence-corrected chi connectivity index (χ3v) is 7.87. The maximum absolute atomic E-state index is 12.0. The molecule has 114 valence electrons. The zero-order valence-electron chi connectivity index (χ0n) is 10.6. The lowest BCUT2D eigenvalue weighted by Gasteiger charge is -2.42. The van der Waals surface area contributed by atoms with Crippen molar-refractivity contribution >= 4 is 55.9 Å². The van der Waals surface area contributed by atoms with Gasteiger partial charge < -0.3 is 0 Å². The molecule has 2 unspecified atom stereocenters. The summed E-state index contributed by atoms with van der Waals surface area (Å²) in [6.45, 7) is 3.26. The van der Waals surface area contributed by atoms with Gasteiger partial charge in [0, 0.05) is 6.07 Å². The fourth-order valence-corrected chi connectivity index (χ4v) is 6.74. The molecular formula is C9H14Br2N2O5PS+. The van der Waals surface area contributed by atoms with Gasteiger partial charge in [0.05, 0.1) is 9.80 Å². The molecule has 0 aliphatic heterocycles. The zero-order chi connectivity index (χ0) is 15.7. The second-order valence-electron chi connectivity index (χ2n) is 4.20. The number of halogens is 2. The van der Waals surface area contributed by atoms with E-state index in [9.17, 15) is 24.5 Å². The SMILES string of the molecule is CC(Br)[N+](Cc1ccc([N+](=O)[O-])s1)(C(C)Br)P(=O)(O)O. The van der Waals surface area contributed by atoms with Crippen molar-refractivity contribution in [3.8, 4) is 0 Å². The Hall–Kier alpha value is 0.170. The van der Waals surface area contributed by atoms with E-state index >= 15 is 0 Å². The fraction of sp³-hybridized carbons (Fsp3) is 0.556.